The Morgan fingerprint density at radius 3 is 2.22 bits per heavy atom. The van der Waals surface area contributed by atoms with Gasteiger partial charge in [0.05, 0.1) is 13.2 Å². The minimum atomic E-state index is -0.775. The lowest BCUT2D eigenvalue weighted by molar-refractivity contribution is -0.144. The number of urea groups is 1. The quantitative estimate of drug-likeness (QED) is 0.583. The van der Waals surface area contributed by atoms with Crippen LogP contribution in [0.2, 0.25) is 0 Å². The van der Waals surface area contributed by atoms with Crippen molar-refractivity contribution in [3.05, 3.63) is 70.8 Å². The van der Waals surface area contributed by atoms with Gasteiger partial charge in [-0.05, 0) is 37.6 Å². The molecule has 4 amide bonds. The summed E-state index contributed by atoms with van der Waals surface area (Å²) < 4.78 is 0. The van der Waals surface area contributed by atoms with Crippen LogP contribution in [0.25, 0.3) is 0 Å². The van der Waals surface area contributed by atoms with Gasteiger partial charge in [-0.25, -0.2) is 9.69 Å². The minimum absolute atomic E-state index is 0.0714. The van der Waals surface area contributed by atoms with E-state index in [1.807, 2.05) is 68.3 Å². The topological polar surface area (TPSA) is 60.9 Å². The normalized spacial score (nSPS) is 14.6. The maximum atomic E-state index is 12.6. The van der Waals surface area contributed by atoms with Crippen LogP contribution >= 0.6 is 0 Å². The van der Waals surface area contributed by atoms with E-state index in [-0.39, 0.29) is 13.2 Å². The molecule has 0 aromatic heterocycles. The number of aryl methyl sites for hydroxylation is 2. The largest absolute Gasteiger partial charge is 0.335 e. The summed E-state index contributed by atoms with van der Waals surface area (Å²) >= 11 is 0. The fraction of sp³-hybridized carbons (Fsp3) is 0.286. The van der Waals surface area contributed by atoms with E-state index in [2.05, 4.69) is 6.07 Å². The van der Waals surface area contributed by atoms with E-state index in [4.69, 9.17) is 0 Å². The van der Waals surface area contributed by atoms with E-state index >= 15 is 0 Å². The van der Waals surface area contributed by atoms with Gasteiger partial charge in [-0.3, -0.25) is 19.4 Å². The van der Waals surface area contributed by atoms with Crippen LogP contribution in [-0.2, 0) is 22.7 Å². The fourth-order valence-electron chi connectivity index (χ4n) is 3.19. The lowest BCUT2D eigenvalue weighted by Gasteiger charge is -2.23. The molecule has 2 aromatic carbocycles. The number of imide groups is 2. The Kier molecular flexibility index (Phi) is 5.37. The SMILES string of the molecule is Cc1ccc(CN(C)CN2C(=O)C(=O)N(Cc3ccccc3)C2=O)c(C)c1. The zero-order valence-corrected chi connectivity index (χ0v) is 15.8. The summed E-state index contributed by atoms with van der Waals surface area (Å²) in [5.74, 6) is -1.55. The first kappa shape index (κ1) is 18.8. The van der Waals surface area contributed by atoms with Crippen molar-refractivity contribution in [2.45, 2.75) is 26.9 Å². The highest BCUT2D eigenvalue weighted by Crippen LogP contribution is 2.18. The standard InChI is InChI=1S/C21H23N3O3/c1-15-9-10-18(16(2)11-15)13-22(3)14-24-20(26)19(25)23(21(24)27)12-17-7-5-4-6-8-17/h4-11H,12-14H2,1-3H3. The van der Waals surface area contributed by atoms with Crippen LogP contribution in [0.15, 0.2) is 48.5 Å². The molecule has 0 atom stereocenters. The first-order valence-electron chi connectivity index (χ1n) is 8.82. The van der Waals surface area contributed by atoms with Gasteiger partial charge in [-0.2, -0.15) is 0 Å². The van der Waals surface area contributed by atoms with Crippen LogP contribution in [0, 0.1) is 13.8 Å². The summed E-state index contributed by atoms with van der Waals surface area (Å²) in [4.78, 5) is 41.0. The highest BCUT2D eigenvalue weighted by Gasteiger charge is 2.44. The Morgan fingerprint density at radius 1 is 0.889 bits per heavy atom. The summed E-state index contributed by atoms with van der Waals surface area (Å²) in [6.07, 6.45) is 0. The van der Waals surface area contributed by atoms with Crippen LogP contribution < -0.4 is 0 Å². The van der Waals surface area contributed by atoms with Crippen LogP contribution in [0.3, 0.4) is 0 Å². The predicted molar refractivity (Wildman–Crippen MR) is 101 cm³/mol. The number of hydrogen-bond donors (Lipinski definition) is 0. The molecule has 1 aliphatic heterocycles. The Balaban J connectivity index is 1.68. The summed E-state index contributed by atoms with van der Waals surface area (Å²) in [5.41, 5.74) is 4.26. The Bertz CT molecular complexity index is 879. The van der Waals surface area contributed by atoms with E-state index in [0.29, 0.717) is 6.54 Å². The molecule has 1 saturated heterocycles. The van der Waals surface area contributed by atoms with Crippen LogP contribution in [0.1, 0.15) is 22.3 Å². The molecule has 0 unspecified atom stereocenters. The van der Waals surface area contributed by atoms with Gasteiger partial charge in [0.1, 0.15) is 0 Å². The van der Waals surface area contributed by atoms with Gasteiger partial charge in [-0.1, -0.05) is 54.1 Å². The minimum Gasteiger partial charge on any atom is -0.284 e. The predicted octanol–water partition coefficient (Wildman–Crippen LogP) is 2.68. The van der Waals surface area contributed by atoms with E-state index in [1.165, 1.54) is 5.56 Å². The van der Waals surface area contributed by atoms with Crippen LogP contribution in [0.5, 0.6) is 0 Å². The van der Waals surface area contributed by atoms with Crippen molar-refractivity contribution < 1.29 is 14.4 Å². The highest BCUT2D eigenvalue weighted by atomic mass is 16.2. The third-order valence-electron chi connectivity index (χ3n) is 4.64. The summed E-state index contributed by atoms with van der Waals surface area (Å²) in [7, 11) is 1.82. The zero-order chi connectivity index (χ0) is 19.6. The van der Waals surface area contributed by atoms with Gasteiger partial charge in [0.25, 0.3) is 0 Å². The average Bonchev–Trinajstić information content (AvgIpc) is 2.83. The van der Waals surface area contributed by atoms with Crippen LogP contribution in [-0.4, -0.2) is 46.3 Å². The Hall–Kier alpha value is -2.99. The average molecular weight is 365 g/mol. The molecule has 1 fully saturated rings. The smallest absolute Gasteiger partial charge is 0.284 e. The molecule has 0 radical (unpaired) electrons. The molecule has 1 aliphatic rings. The highest BCUT2D eigenvalue weighted by molar-refractivity contribution is 6.44. The second kappa shape index (κ2) is 7.72. The molecule has 140 valence electrons. The fourth-order valence-corrected chi connectivity index (χ4v) is 3.19. The van der Waals surface area contributed by atoms with Crippen molar-refractivity contribution >= 4 is 17.8 Å². The van der Waals surface area contributed by atoms with Gasteiger partial charge >= 0.3 is 17.8 Å². The van der Waals surface area contributed by atoms with E-state index in [1.54, 1.807) is 0 Å². The first-order chi connectivity index (χ1) is 12.9. The van der Waals surface area contributed by atoms with Crippen molar-refractivity contribution in [1.29, 1.82) is 0 Å². The molecule has 2 aromatic rings. The molecule has 1 heterocycles. The molecule has 6 nitrogen and oxygen atoms in total. The molecule has 0 spiro atoms. The van der Waals surface area contributed by atoms with Crippen molar-refractivity contribution in [1.82, 2.24) is 14.7 Å². The molecular weight excluding hydrogens is 342 g/mol. The van der Waals surface area contributed by atoms with Gasteiger partial charge in [-0.15, -0.1) is 0 Å². The molecular formula is C21H23N3O3. The third-order valence-corrected chi connectivity index (χ3v) is 4.64. The zero-order valence-electron chi connectivity index (χ0n) is 15.8. The lowest BCUT2D eigenvalue weighted by atomic mass is 10.1. The van der Waals surface area contributed by atoms with Crippen molar-refractivity contribution in [3.8, 4) is 0 Å². The molecule has 0 saturated carbocycles. The van der Waals surface area contributed by atoms with E-state index in [0.717, 1.165) is 26.5 Å². The number of hydrogen-bond acceptors (Lipinski definition) is 4. The molecule has 6 heteroatoms. The number of carbonyl (C=O) groups excluding carboxylic acids is 3. The van der Waals surface area contributed by atoms with Gasteiger partial charge in [0, 0.05) is 6.54 Å². The van der Waals surface area contributed by atoms with Gasteiger partial charge in [0.15, 0.2) is 0 Å². The maximum absolute atomic E-state index is 12.6. The Morgan fingerprint density at radius 2 is 1.56 bits per heavy atom. The van der Waals surface area contributed by atoms with Gasteiger partial charge < -0.3 is 0 Å². The first-order valence-corrected chi connectivity index (χ1v) is 8.82. The maximum Gasteiger partial charge on any atom is 0.335 e. The number of benzene rings is 2. The van der Waals surface area contributed by atoms with E-state index in [9.17, 15) is 14.4 Å². The lowest BCUT2D eigenvalue weighted by Crippen LogP contribution is -2.40. The molecule has 0 aliphatic carbocycles. The van der Waals surface area contributed by atoms with E-state index < -0.39 is 17.8 Å². The second-order valence-corrected chi connectivity index (χ2v) is 6.98. The molecule has 3 rings (SSSR count). The third kappa shape index (κ3) is 4.06. The van der Waals surface area contributed by atoms with Crippen molar-refractivity contribution in [2.75, 3.05) is 13.7 Å². The van der Waals surface area contributed by atoms with Crippen LogP contribution in [0.4, 0.5) is 4.79 Å². The van der Waals surface area contributed by atoms with Crippen molar-refractivity contribution in [3.63, 3.8) is 0 Å². The summed E-state index contributed by atoms with van der Waals surface area (Å²) in [6.45, 7) is 4.82. The number of amides is 4. The van der Waals surface area contributed by atoms with Crippen molar-refractivity contribution in [2.24, 2.45) is 0 Å². The number of nitrogens with zero attached hydrogens (tertiary/aromatic N) is 3. The Labute approximate surface area is 159 Å². The molecule has 0 N–H and O–H groups in total. The monoisotopic (exact) mass is 365 g/mol. The number of carbonyl (C=O) groups is 3. The molecule has 0 bridgehead atoms. The summed E-state index contributed by atoms with van der Waals surface area (Å²) in [6, 6.07) is 14.8. The number of rotatable bonds is 6. The summed E-state index contributed by atoms with van der Waals surface area (Å²) in [5, 5.41) is 0. The molecule has 27 heavy (non-hydrogen) atoms. The second-order valence-electron chi connectivity index (χ2n) is 6.98. The van der Waals surface area contributed by atoms with Gasteiger partial charge in [0.2, 0.25) is 0 Å².